The van der Waals surface area contributed by atoms with Gasteiger partial charge in [-0.2, -0.15) is 5.10 Å². The normalized spacial score (nSPS) is 14.1. The highest BCUT2D eigenvalue weighted by molar-refractivity contribution is 7.90. The highest BCUT2D eigenvalue weighted by Gasteiger charge is 2.30. The van der Waals surface area contributed by atoms with E-state index in [-0.39, 0.29) is 11.4 Å². The van der Waals surface area contributed by atoms with Gasteiger partial charge in [0.1, 0.15) is 11.4 Å². The third-order valence-corrected chi connectivity index (χ3v) is 5.47. The molecule has 0 spiro atoms. The second-order valence-corrected chi connectivity index (χ2v) is 8.28. The molecule has 0 bridgehead atoms. The van der Waals surface area contributed by atoms with Crippen LogP contribution >= 0.6 is 0 Å². The Balaban J connectivity index is 1.65. The molecule has 8 heteroatoms. The van der Waals surface area contributed by atoms with E-state index in [1.54, 1.807) is 0 Å². The van der Waals surface area contributed by atoms with E-state index in [0.29, 0.717) is 23.8 Å². The van der Waals surface area contributed by atoms with Gasteiger partial charge in [0, 0.05) is 12.0 Å². The van der Waals surface area contributed by atoms with E-state index in [0.717, 1.165) is 24.0 Å². The number of ether oxygens (including phenoxy) is 1. The number of benzene rings is 1. The van der Waals surface area contributed by atoms with Crippen molar-refractivity contribution >= 4 is 15.9 Å². The number of nitrogens with one attached hydrogen (secondary N) is 1. The van der Waals surface area contributed by atoms with E-state index < -0.39 is 15.9 Å². The van der Waals surface area contributed by atoms with Crippen LogP contribution in [0.15, 0.2) is 30.3 Å². The van der Waals surface area contributed by atoms with Crippen molar-refractivity contribution in [1.29, 1.82) is 0 Å². The molecule has 1 aliphatic carbocycles. The molecule has 7 nitrogen and oxygen atoms in total. The molecule has 1 aromatic carbocycles. The SMILES string of the molecule is COc1cc(C(=O)NS(=O)(=O)CCc2ccc(C)cc2)nnc1C1CC1. The maximum absolute atomic E-state index is 12.2. The quantitative estimate of drug-likeness (QED) is 0.794. The van der Waals surface area contributed by atoms with Crippen molar-refractivity contribution in [3.05, 3.63) is 52.8 Å². The average Bonchev–Trinajstić information content (AvgIpc) is 3.45. The number of aromatic nitrogens is 2. The lowest BCUT2D eigenvalue weighted by Crippen LogP contribution is -2.33. The monoisotopic (exact) mass is 375 g/mol. The van der Waals surface area contributed by atoms with Crippen LogP contribution in [-0.4, -0.2) is 37.4 Å². The Morgan fingerprint density at radius 1 is 1.23 bits per heavy atom. The second kappa shape index (κ2) is 7.41. The van der Waals surface area contributed by atoms with Gasteiger partial charge in [-0.3, -0.25) is 4.79 Å². The largest absolute Gasteiger partial charge is 0.495 e. The lowest BCUT2D eigenvalue weighted by atomic mass is 10.1. The van der Waals surface area contributed by atoms with Crippen molar-refractivity contribution in [2.45, 2.75) is 32.1 Å². The van der Waals surface area contributed by atoms with Crippen molar-refractivity contribution in [3.63, 3.8) is 0 Å². The summed E-state index contributed by atoms with van der Waals surface area (Å²) in [7, 11) is -2.29. The Bertz CT molecular complexity index is 907. The number of hydrogen-bond donors (Lipinski definition) is 1. The molecular weight excluding hydrogens is 354 g/mol. The molecule has 1 fully saturated rings. The summed E-state index contributed by atoms with van der Waals surface area (Å²) in [6.07, 6.45) is 2.35. The molecule has 0 radical (unpaired) electrons. The van der Waals surface area contributed by atoms with Gasteiger partial charge in [0.05, 0.1) is 12.9 Å². The minimum Gasteiger partial charge on any atom is -0.495 e. The van der Waals surface area contributed by atoms with Crippen LogP contribution in [0.2, 0.25) is 0 Å². The second-order valence-electron chi connectivity index (χ2n) is 6.44. The maximum atomic E-state index is 12.2. The fourth-order valence-electron chi connectivity index (χ4n) is 2.55. The van der Waals surface area contributed by atoms with Crippen molar-refractivity contribution in [2.75, 3.05) is 12.9 Å². The van der Waals surface area contributed by atoms with E-state index >= 15 is 0 Å². The first-order valence-corrected chi connectivity index (χ1v) is 10.0. The van der Waals surface area contributed by atoms with Crippen LogP contribution in [0.5, 0.6) is 5.75 Å². The fourth-order valence-corrected chi connectivity index (χ4v) is 3.54. The van der Waals surface area contributed by atoms with Crippen molar-refractivity contribution < 1.29 is 17.9 Å². The van der Waals surface area contributed by atoms with Gasteiger partial charge >= 0.3 is 0 Å². The molecule has 0 aliphatic heterocycles. The molecule has 0 atom stereocenters. The van der Waals surface area contributed by atoms with Crippen LogP contribution in [0, 0.1) is 6.92 Å². The van der Waals surface area contributed by atoms with Gasteiger partial charge in [-0.05, 0) is 31.7 Å². The number of aryl methyl sites for hydroxylation is 2. The Morgan fingerprint density at radius 2 is 1.92 bits per heavy atom. The molecule has 1 saturated carbocycles. The molecule has 1 heterocycles. The van der Waals surface area contributed by atoms with Gasteiger partial charge < -0.3 is 4.74 Å². The van der Waals surface area contributed by atoms with Crippen LogP contribution in [0.25, 0.3) is 0 Å². The highest BCUT2D eigenvalue weighted by Crippen LogP contribution is 2.42. The van der Waals surface area contributed by atoms with Gasteiger partial charge in [-0.15, -0.1) is 5.10 Å². The first-order valence-electron chi connectivity index (χ1n) is 8.40. The molecular formula is C18H21N3O4S. The number of nitrogens with zero attached hydrogens (tertiary/aromatic N) is 2. The number of hydrogen-bond acceptors (Lipinski definition) is 6. The standard InChI is InChI=1S/C18H21N3O4S/c1-12-3-5-13(6-4-12)9-10-26(23,24)21-18(22)15-11-16(25-2)17(20-19-15)14-7-8-14/h3-6,11,14H,7-10H2,1-2H3,(H,21,22). The Hall–Kier alpha value is -2.48. The van der Waals surface area contributed by atoms with Gasteiger partial charge in [0.2, 0.25) is 10.0 Å². The molecule has 26 heavy (non-hydrogen) atoms. The smallest absolute Gasteiger partial charge is 0.285 e. The van der Waals surface area contributed by atoms with E-state index in [1.807, 2.05) is 35.9 Å². The maximum Gasteiger partial charge on any atom is 0.285 e. The number of carbonyl (C=O) groups is 1. The van der Waals surface area contributed by atoms with E-state index in [2.05, 4.69) is 10.2 Å². The van der Waals surface area contributed by atoms with Crippen LogP contribution in [-0.2, 0) is 16.4 Å². The van der Waals surface area contributed by atoms with Crippen LogP contribution in [0.3, 0.4) is 0 Å². The summed E-state index contributed by atoms with van der Waals surface area (Å²) in [5.41, 5.74) is 2.63. The Labute approximate surface area is 152 Å². The summed E-state index contributed by atoms with van der Waals surface area (Å²) < 4.78 is 31.7. The fraction of sp³-hybridized carbons (Fsp3) is 0.389. The van der Waals surface area contributed by atoms with Crippen LogP contribution in [0.1, 0.15) is 46.1 Å². The summed E-state index contributed by atoms with van der Waals surface area (Å²) in [6, 6.07) is 9.03. The predicted octanol–water partition coefficient (Wildman–Crippen LogP) is 1.97. The van der Waals surface area contributed by atoms with Crippen LogP contribution < -0.4 is 9.46 Å². The van der Waals surface area contributed by atoms with Crippen LogP contribution in [0.4, 0.5) is 0 Å². The van der Waals surface area contributed by atoms with E-state index in [9.17, 15) is 13.2 Å². The third-order valence-electron chi connectivity index (χ3n) is 4.23. The number of sulfonamides is 1. The van der Waals surface area contributed by atoms with Crippen molar-refractivity contribution in [1.82, 2.24) is 14.9 Å². The highest BCUT2D eigenvalue weighted by atomic mass is 32.2. The van der Waals surface area contributed by atoms with Crippen molar-refractivity contribution in [2.24, 2.45) is 0 Å². The molecule has 1 aromatic heterocycles. The zero-order valence-corrected chi connectivity index (χ0v) is 15.5. The number of carbonyl (C=O) groups excluding carboxylic acids is 1. The molecule has 1 amide bonds. The number of rotatable bonds is 7. The third kappa shape index (κ3) is 4.57. The van der Waals surface area contributed by atoms with Gasteiger partial charge in [0.25, 0.3) is 5.91 Å². The first kappa shape index (κ1) is 18.3. The molecule has 0 saturated heterocycles. The zero-order valence-electron chi connectivity index (χ0n) is 14.7. The summed E-state index contributed by atoms with van der Waals surface area (Å²) in [6.45, 7) is 1.96. The average molecular weight is 375 g/mol. The summed E-state index contributed by atoms with van der Waals surface area (Å²) in [5.74, 6) is -0.216. The van der Waals surface area contributed by atoms with Gasteiger partial charge in [-0.1, -0.05) is 29.8 Å². The number of amides is 1. The minimum absolute atomic E-state index is 0.0786. The van der Waals surface area contributed by atoms with Gasteiger partial charge in [-0.25, -0.2) is 13.1 Å². The summed E-state index contributed by atoms with van der Waals surface area (Å²) in [4.78, 5) is 12.2. The lowest BCUT2D eigenvalue weighted by Gasteiger charge is -2.09. The molecule has 0 unspecified atom stereocenters. The van der Waals surface area contributed by atoms with Gasteiger partial charge in [0.15, 0.2) is 5.69 Å². The zero-order chi connectivity index (χ0) is 18.7. The van der Waals surface area contributed by atoms with E-state index in [4.69, 9.17) is 4.74 Å². The molecule has 2 aromatic rings. The Morgan fingerprint density at radius 3 is 2.54 bits per heavy atom. The lowest BCUT2D eigenvalue weighted by molar-refractivity contribution is 0.0975. The molecule has 3 rings (SSSR count). The number of methoxy groups -OCH3 is 1. The summed E-state index contributed by atoms with van der Waals surface area (Å²) in [5, 5.41) is 7.89. The minimum atomic E-state index is -3.78. The summed E-state index contributed by atoms with van der Waals surface area (Å²) >= 11 is 0. The first-order chi connectivity index (χ1) is 12.4. The topological polar surface area (TPSA) is 98.2 Å². The predicted molar refractivity (Wildman–Crippen MR) is 96.7 cm³/mol. The van der Waals surface area contributed by atoms with E-state index in [1.165, 1.54) is 13.2 Å². The molecule has 1 aliphatic rings. The Kier molecular flexibility index (Phi) is 5.22. The molecule has 138 valence electrons. The van der Waals surface area contributed by atoms with Crippen molar-refractivity contribution in [3.8, 4) is 5.75 Å². The molecule has 1 N–H and O–H groups in total.